The van der Waals surface area contributed by atoms with Gasteiger partial charge in [0.2, 0.25) is 0 Å². The summed E-state index contributed by atoms with van der Waals surface area (Å²) in [5.41, 5.74) is 0.902. The van der Waals surface area contributed by atoms with Crippen LogP contribution in [0, 0.1) is 11.7 Å². The molecule has 0 radical (unpaired) electrons. The van der Waals surface area contributed by atoms with Crippen LogP contribution in [0.3, 0.4) is 0 Å². The molecule has 1 fully saturated rings. The zero-order valence-electron chi connectivity index (χ0n) is 10.5. The smallest absolute Gasteiger partial charge is 0.307 e. The van der Waals surface area contributed by atoms with Crippen molar-refractivity contribution in [3.05, 3.63) is 29.6 Å². The van der Waals surface area contributed by atoms with Gasteiger partial charge in [-0.2, -0.15) is 0 Å². The van der Waals surface area contributed by atoms with Crippen molar-refractivity contribution in [2.45, 2.75) is 18.9 Å². The lowest BCUT2D eigenvalue weighted by molar-refractivity contribution is -0.141. The van der Waals surface area contributed by atoms with Gasteiger partial charge in [0, 0.05) is 25.1 Å². The molecule has 0 saturated carbocycles. The number of carboxylic acid groups (broad SMARTS) is 1. The van der Waals surface area contributed by atoms with E-state index in [1.807, 2.05) is 0 Å². The van der Waals surface area contributed by atoms with E-state index in [1.54, 1.807) is 6.07 Å². The summed E-state index contributed by atoms with van der Waals surface area (Å²) in [5.74, 6) is -0.475. The van der Waals surface area contributed by atoms with Crippen LogP contribution in [-0.4, -0.2) is 41.7 Å². The Morgan fingerprint density at radius 3 is 3.11 bits per heavy atom. The highest BCUT2D eigenvalue weighted by molar-refractivity contribution is 5.70. The molecule has 1 saturated heterocycles. The van der Waals surface area contributed by atoms with Crippen molar-refractivity contribution < 1.29 is 19.0 Å². The summed E-state index contributed by atoms with van der Waals surface area (Å²) in [7, 11) is 0. The largest absolute Gasteiger partial charge is 0.488 e. The van der Waals surface area contributed by atoms with Gasteiger partial charge in [-0.25, -0.2) is 4.39 Å². The highest BCUT2D eigenvalue weighted by Gasteiger charge is 2.31. The number of carboxylic acids is 1. The average molecular weight is 265 g/mol. The SMILES string of the molecule is O=C(O)C1CCN(CC2Cc3cc(F)ccc3O2)C1. The summed E-state index contributed by atoms with van der Waals surface area (Å²) < 4.78 is 18.9. The first-order valence-corrected chi connectivity index (χ1v) is 6.52. The molecule has 0 amide bonds. The van der Waals surface area contributed by atoms with Crippen LogP contribution in [0.4, 0.5) is 4.39 Å². The molecule has 2 aliphatic heterocycles. The fourth-order valence-corrected chi connectivity index (χ4v) is 2.88. The van der Waals surface area contributed by atoms with E-state index in [9.17, 15) is 9.18 Å². The van der Waals surface area contributed by atoms with Gasteiger partial charge in [-0.05, 0) is 31.2 Å². The van der Waals surface area contributed by atoms with Crippen molar-refractivity contribution in [1.82, 2.24) is 4.90 Å². The lowest BCUT2D eigenvalue weighted by atomic mass is 10.1. The number of rotatable bonds is 3. The van der Waals surface area contributed by atoms with Gasteiger partial charge in [-0.3, -0.25) is 9.69 Å². The number of fused-ring (bicyclic) bond motifs is 1. The van der Waals surface area contributed by atoms with E-state index >= 15 is 0 Å². The molecule has 0 spiro atoms. The lowest BCUT2D eigenvalue weighted by Gasteiger charge is -2.19. The second kappa shape index (κ2) is 4.81. The van der Waals surface area contributed by atoms with Crippen molar-refractivity contribution in [3.8, 4) is 5.75 Å². The molecule has 3 rings (SSSR count). The normalized spacial score (nSPS) is 26.2. The average Bonchev–Trinajstić information content (AvgIpc) is 2.95. The fraction of sp³-hybridized carbons (Fsp3) is 0.500. The van der Waals surface area contributed by atoms with Crippen molar-refractivity contribution in [1.29, 1.82) is 0 Å². The highest BCUT2D eigenvalue weighted by atomic mass is 19.1. The molecule has 1 aromatic carbocycles. The predicted molar refractivity (Wildman–Crippen MR) is 66.7 cm³/mol. The minimum absolute atomic E-state index is 0.00402. The molecule has 1 aromatic rings. The molecule has 102 valence electrons. The van der Waals surface area contributed by atoms with Crippen LogP contribution in [0.5, 0.6) is 5.75 Å². The zero-order chi connectivity index (χ0) is 13.4. The van der Waals surface area contributed by atoms with Crippen LogP contribution in [0.2, 0.25) is 0 Å². The number of aliphatic carboxylic acids is 1. The first kappa shape index (κ1) is 12.4. The second-order valence-corrected chi connectivity index (χ2v) is 5.28. The second-order valence-electron chi connectivity index (χ2n) is 5.28. The number of benzene rings is 1. The number of nitrogens with zero attached hydrogens (tertiary/aromatic N) is 1. The molecule has 0 aliphatic carbocycles. The van der Waals surface area contributed by atoms with Crippen LogP contribution >= 0.6 is 0 Å². The number of likely N-dealkylation sites (tertiary alicyclic amines) is 1. The predicted octanol–water partition coefficient (Wildman–Crippen LogP) is 1.54. The molecule has 4 nitrogen and oxygen atoms in total. The standard InChI is InChI=1S/C14H16FNO3/c15-11-1-2-13-10(5-11)6-12(19-13)8-16-4-3-9(7-16)14(17)18/h1-2,5,9,12H,3-4,6-8H2,(H,17,18). The van der Waals surface area contributed by atoms with Gasteiger partial charge in [0.05, 0.1) is 5.92 Å². The van der Waals surface area contributed by atoms with E-state index in [4.69, 9.17) is 9.84 Å². The first-order valence-electron chi connectivity index (χ1n) is 6.52. The maximum atomic E-state index is 13.1. The number of carbonyl (C=O) groups is 1. The molecule has 0 bridgehead atoms. The monoisotopic (exact) mass is 265 g/mol. The molecule has 5 heteroatoms. The summed E-state index contributed by atoms with van der Waals surface area (Å²) in [6, 6.07) is 4.57. The molecule has 19 heavy (non-hydrogen) atoms. The maximum Gasteiger partial charge on any atom is 0.307 e. The number of hydrogen-bond acceptors (Lipinski definition) is 3. The summed E-state index contributed by atoms with van der Waals surface area (Å²) in [4.78, 5) is 13.0. The first-order chi connectivity index (χ1) is 9.11. The maximum absolute atomic E-state index is 13.1. The Morgan fingerprint density at radius 2 is 2.37 bits per heavy atom. The minimum atomic E-state index is -0.722. The van der Waals surface area contributed by atoms with Gasteiger partial charge in [-0.1, -0.05) is 0 Å². The fourth-order valence-electron chi connectivity index (χ4n) is 2.88. The van der Waals surface area contributed by atoms with E-state index < -0.39 is 5.97 Å². The topological polar surface area (TPSA) is 49.8 Å². The third-order valence-electron chi connectivity index (χ3n) is 3.85. The van der Waals surface area contributed by atoms with Crippen molar-refractivity contribution in [2.75, 3.05) is 19.6 Å². The minimum Gasteiger partial charge on any atom is -0.488 e. The highest BCUT2D eigenvalue weighted by Crippen LogP contribution is 2.30. The van der Waals surface area contributed by atoms with Gasteiger partial charge < -0.3 is 9.84 Å². The lowest BCUT2D eigenvalue weighted by Crippen LogP contribution is -2.33. The summed E-state index contributed by atoms with van der Waals surface area (Å²) in [5, 5.41) is 8.96. The van der Waals surface area contributed by atoms with Gasteiger partial charge in [-0.15, -0.1) is 0 Å². The van der Waals surface area contributed by atoms with Gasteiger partial charge in [0.1, 0.15) is 17.7 Å². The zero-order valence-corrected chi connectivity index (χ0v) is 10.5. The molecule has 1 N–H and O–H groups in total. The number of hydrogen-bond donors (Lipinski definition) is 1. The Hall–Kier alpha value is -1.62. The van der Waals surface area contributed by atoms with Crippen molar-refractivity contribution >= 4 is 5.97 Å². The molecule has 2 heterocycles. The van der Waals surface area contributed by atoms with Crippen molar-refractivity contribution in [2.24, 2.45) is 5.92 Å². The van der Waals surface area contributed by atoms with Crippen LogP contribution < -0.4 is 4.74 Å². The van der Waals surface area contributed by atoms with Gasteiger partial charge in [0.25, 0.3) is 0 Å². The molecular weight excluding hydrogens is 249 g/mol. The van der Waals surface area contributed by atoms with Crippen LogP contribution in [-0.2, 0) is 11.2 Å². The number of ether oxygens (including phenoxy) is 1. The van der Waals surface area contributed by atoms with Crippen molar-refractivity contribution in [3.63, 3.8) is 0 Å². The Balaban J connectivity index is 1.58. The molecule has 0 aromatic heterocycles. The Kier molecular flexibility index (Phi) is 3.14. The third-order valence-corrected chi connectivity index (χ3v) is 3.85. The Bertz CT molecular complexity index is 505. The third kappa shape index (κ3) is 2.56. The molecule has 2 unspecified atom stereocenters. The van der Waals surface area contributed by atoms with E-state index in [0.717, 1.165) is 17.9 Å². The van der Waals surface area contributed by atoms with Gasteiger partial charge in [0.15, 0.2) is 0 Å². The molecule has 2 aliphatic rings. The Labute approximate surface area is 110 Å². The summed E-state index contributed by atoms with van der Waals surface area (Å²) in [6.07, 6.45) is 1.40. The quantitative estimate of drug-likeness (QED) is 0.900. The van der Waals surface area contributed by atoms with E-state index in [2.05, 4.69) is 4.90 Å². The van der Waals surface area contributed by atoms with Crippen LogP contribution in [0.1, 0.15) is 12.0 Å². The van der Waals surface area contributed by atoms with Crippen LogP contribution in [0.15, 0.2) is 18.2 Å². The molecule has 2 atom stereocenters. The molecular formula is C14H16FNO3. The van der Waals surface area contributed by atoms with Gasteiger partial charge >= 0.3 is 5.97 Å². The summed E-state index contributed by atoms with van der Waals surface area (Å²) in [6.45, 7) is 2.08. The summed E-state index contributed by atoms with van der Waals surface area (Å²) >= 11 is 0. The van der Waals surface area contributed by atoms with E-state index in [1.165, 1.54) is 12.1 Å². The number of halogens is 1. The Morgan fingerprint density at radius 1 is 1.53 bits per heavy atom. The van der Waals surface area contributed by atoms with E-state index in [0.29, 0.717) is 25.9 Å². The van der Waals surface area contributed by atoms with Crippen LogP contribution in [0.25, 0.3) is 0 Å². The van der Waals surface area contributed by atoms with E-state index in [-0.39, 0.29) is 17.8 Å².